The lowest BCUT2D eigenvalue weighted by Crippen LogP contribution is -2.18. The number of carbonyl (C=O) groups excluding carboxylic acids is 1. The van der Waals surface area contributed by atoms with Gasteiger partial charge in [-0.3, -0.25) is 4.79 Å². The fourth-order valence-corrected chi connectivity index (χ4v) is 1.28. The molecule has 0 aliphatic carbocycles. The minimum absolute atomic E-state index is 0.133. The summed E-state index contributed by atoms with van der Waals surface area (Å²) >= 11 is 0. The lowest BCUT2D eigenvalue weighted by atomic mass is 10.0. The maximum absolute atomic E-state index is 13.4. The van der Waals surface area contributed by atoms with Gasteiger partial charge in [0.05, 0.1) is 0 Å². The minimum atomic E-state index is -0.318. The lowest BCUT2D eigenvalue weighted by molar-refractivity contribution is 0.0962. The maximum Gasteiger partial charge on any atom is 0.251 e. The Labute approximate surface area is 83.1 Å². The van der Waals surface area contributed by atoms with Gasteiger partial charge in [-0.1, -0.05) is 19.9 Å². The van der Waals surface area contributed by atoms with E-state index in [0.717, 1.165) is 0 Å². The molecule has 1 aromatic rings. The number of rotatable bonds is 2. The lowest BCUT2D eigenvalue weighted by Gasteiger charge is -2.08. The van der Waals surface area contributed by atoms with Crippen LogP contribution in [0.25, 0.3) is 0 Å². The zero-order valence-electron chi connectivity index (χ0n) is 8.60. The number of benzene rings is 1. The summed E-state index contributed by atoms with van der Waals surface area (Å²) < 4.78 is 13.4. The second kappa shape index (κ2) is 4.22. The van der Waals surface area contributed by atoms with E-state index in [4.69, 9.17) is 0 Å². The van der Waals surface area contributed by atoms with Gasteiger partial charge in [-0.25, -0.2) is 4.39 Å². The molecule has 0 spiro atoms. The highest BCUT2D eigenvalue weighted by Gasteiger charge is 2.10. The van der Waals surface area contributed by atoms with E-state index in [1.165, 1.54) is 13.1 Å². The highest BCUT2D eigenvalue weighted by atomic mass is 19.1. The summed E-state index contributed by atoms with van der Waals surface area (Å²) in [7, 11) is 1.52. The third kappa shape index (κ3) is 2.10. The molecule has 1 aromatic carbocycles. The Bertz CT molecular complexity index is 347. The van der Waals surface area contributed by atoms with Crippen LogP contribution in [0.4, 0.5) is 4.39 Å². The van der Waals surface area contributed by atoms with Crippen LogP contribution in [-0.4, -0.2) is 13.0 Å². The molecular weight excluding hydrogens is 181 g/mol. The minimum Gasteiger partial charge on any atom is -0.355 e. The Kier molecular flexibility index (Phi) is 3.23. The van der Waals surface area contributed by atoms with Crippen LogP contribution in [0.1, 0.15) is 35.7 Å². The van der Waals surface area contributed by atoms with Crippen LogP contribution in [0, 0.1) is 5.82 Å². The first-order valence-electron chi connectivity index (χ1n) is 4.57. The van der Waals surface area contributed by atoms with E-state index in [-0.39, 0.29) is 17.6 Å². The molecule has 0 atom stereocenters. The SMILES string of the molecule is CNC(=O)c1ccc(C(C)C)c(F)c1. The molecule has 1 amide bonds. The summed E-state index contributed by atoms with van der Waals surface area (Å²) in [4.78, 5) is 11.2. The van der Waals surface area contributed by atoms with Gasteiger partial charge in [0.1, 0.15) is 5.82 Å². The second-order valence-electron chi connectivity index (χ2n) is 3.47. The molecule has 0 aromatic heterocycles. The van der Waals surface area contributed by atoms with Crippen LogP contribution in [0.2, 0.25) is 0 Å². The molecule has 0 unspecified atom stereocenters. The summed E-state index contributed by atoms with van der Waals surface area (Å²) in [6, 6.07) is 4.57. The van der Waals surface area contributed by atoms with E-state index in [1.807, 2.05) is 13.8 Å². The highest BCUT2D eigenvalue weighted by molar-refractivity contribution is 5.94. The normalized spacial score (nSPS) is 10.4. The van der Waals surface area contributed by atoms with E-state index in [1.54, 1.807) is 12.1 Å². The fourth-order valence-electron chi connectivity index (χ4n) is 1.28. The van der Waals surface area contributed by atoms with Gasteiger partial charge in [0.2, 0.25) is 0 Å². The molecule has 2 nitrogen and oxygen atoms in total. The Morgan fingerprint density at radius 3 is 2.50 bits per heavy atom. The second-order valence-corrected chi connectivity index (χ2v) is 3.47. The van der Waals surface area contributed by atoms with Crippen LogP contribution in [0.5, 0.6) is 0 Å². The molecule has 0 heterocycles. The summed E-state index contributed by atoms with van der Waals surface area (Å²) in [5.41, 5.74) is 0.993. The summed E-state index contributed by atoms with van der Waals surface area (Å²) in [6.45, 7) is 3.83. The van der Waals surface area contributed by atoms with Crippen molar-refractivity contribution in [3.8, 4) is 0 Å². The first-order valence-corrected chi connectivity index (χ1v) is 4.57. The standard InChI is InChI=1S/C11H14FNO/c1-7(2)9-5-4-8(6-10(9)12)11(14)13-3/h4-7H,1-3H3,(H,13,14). The van der Waals surface area contributed by atoms with Gasteiger partial charge >= 0.3 is 0 Å². The molecule has 1 N–H and O–H groups in total. The van der Waals surface area contributed by atoms with Gasteiger partial charge < -0.3 is 5.32 Å². The number of amides is 1. The third-order valence-electron chi connectivity index (χ3n) is 2.11. The van der Waals surface area contributed by atoms with Crippen LogP contribution in [0.15, 0.2) is 18.2 Å². The van der Waals surface area contributed by atoms with Gasteiger partial charge in [-0.2, -0.15) is 0 Å². The first-order chi connectivity index (χ1) is 6.56. The average molecular weight is 195 g/mol. The zero-order valence-corrected chi connectivity index (χ0v) is 8.60. The number of halogens is 1. The van der Waals surface area contributed by atoms with Crippen LogP contribution >= 0.6 is 0 Å². The Hall–Kier alpha value is -1.38. The largest absolute Gasteiger partial charge is 0.355 e. The molecule has 0 radical (unpaired) electrons. The van der Waals surface area contributed by atoms with Crippen molar-refractivity contribution in [2.24, 2.45) is 0 Å². The number of hydrogen-bond donors (Lipinski definition) is 1. The molecule has 3 heteroatoms. The monoisotopic (exact) mass is 195 g/mol. The number of carbonyl (C=O) groups is 1. The van der Waals surface area contributed by atoms with E-state index in [2.05, 4.69) is 5.32 Å². The smallest absolute Gasteiger partial charge is 0.251 e. The highest BCUT2D eigenvalue weighted by Crippen LogP contribution is 2.19. The van der Waals surface area contributed by atoms with Crippen molar-refractivity contribution in [1.82, 2.24) is 5.32 Å². The van der Waals surface area contributed by atoms with E-state index in [0.29, 0.717) is 11.1 Å². The molecule has 1 rings (SSSR count). The molecule has 0 saturated carbocycles. The molecular formula is C11H14FNO. The van der Waals surface area contributed by atoms with Crippen molar-refractivity contribution in [3.05, 3.63) is 35.1 Å². The fraction of sp³-hybridized carbons (Fsp3) is 0.364. The van der Waals surface area contributed by atoms with Crippen LogP contribution in [-0.2, 0) is 0 Å². The summed E-state index contributed by atoms with van der Waals surface area (Å²) in [5, 5.41) is 2.45. The predicted octanol–water partition coefficient (Wildman–Crippen LogP) is 2.31. The first kappa shape index (κ1) is 10.7. The van der Waals surface area contributed by atoms with Crippen LogP contribution < -0.4 is 5.32 Å². The summed E-state index contributed by atoms with van der Waals surface area (Å²) in [5.74, 6) is -0.450. The molecule has 0 fully saturated rings. The van der Waals surface area contributed by atoms with Crippen molar-refractivity contribution in [2.75, 3.05) is 7.05 Å². The van der Waals surface area contributed by atoms with Crippen molar-refractivity contribution < 1.29 is 9.18 Å². The van der Waals surface area contributed by atoms with Gasteiger partial charge in [0, 0.05) is 12.6 Å². The van der Waals surface area contributed by atoms with Crippen molar-refractivity contribution in [2.45, 2.75) is 19.8 Å². The number of hydrogen-bond acceptors (Lipinski definition) is 1. The molecule has 14 heavy (non-hydrogen) atoms. The molecule has 0 bridgehead atoms. The van der Waals surface area contributed by atoms with E-state index >= 15 is 0 Å². The Morgan fingerprint density at radius 1 is 1.43 bits per heavy atom. The number of nitrogens with one attached hydrogen (secondary N) is 1. The predicted molar refractivity (Wildman–Crippen MR) is 53.9 cm³/mol. The maximum atomic E-state index is 13.4. The average Bonchev–Trinajstić information content (AvgIpc) is 2.15. The molecule has 0 aliphatic rings. The topological polar surface area (TPSA) is 29.1 Å². The van der Waals surface area contributed by atoms with Crippen molar-refractivity contribution >= 4 is 5.91 Å². The third-order valence-corrected chi connectivity index (χ3v) is 2.11. The molecule has 0 aliphatic heterocycles. The van der Waals surface area contributed by atoms with Gasteiger partial charge in [0.15, 0.2) is 0 Å². The Morgan fingerprint density at radius 2 is 2.07 bits per heavy atom. The van der Waals surface area contributed by atoms with Crippen molar-refractivity contribution in [1.29, 1.82) is 0 Å². The quantitative estimate of drug-likeness (QED) is 0.770. The van der Waals surface area contributed by atoms with E-state index < -0.39 is 0 Å². The van der Waals surface area contributed by atoms with Crippen LogP contribution in [0.3, 0.4) is 0 Å². The zero-order chi connectivity index (χ0) is 10.7. The van der Waals surface area contributed by atoms with Crippen molar-refractivity contribution in [3.63, 3.8) is 0 Å². The van der Waals surface area contributed by atoms with Gasteiger partial charge in [-0.05, 0) is 23.6 Å². The summed E-state index contributed by atoms with van der Waals surface area (Å²) in [6.07, 6.45) is 0. The Balaban J connectivity index is 3.06. The van der Waals surface area contributed by atoms with Gasteiger partial charge in [0.25, 0.3) is 5.91 Å². The molecule has 0 saturated heterocycles. The van der Waals surface area contributed by atoms with E-state index in [9.17, 15) is 9.18 Å². The van der Waals surface area contributed by atoms with Gasteiger partial charge in [-0.15, -0.1) is 0 Å². The molecule has 76 valence electrons.